The summed E-state index contributed by atoms with van der Waals surface area (Å²) in [6.07, 6.45) is 7.00. The zero-order chi connectivity index (χ0) is 20.7. The molecule has 4 aromatic rings. The monoisotopic (exact) mass is 402 g/mol. The van der Waals surface area contributed by atoms with Crippen LogP contribution in [0.1, 0.15) is 24.1 Å². The maximum Gasteiger partial charge on any atom is 0.266 e. The quantitative estimate of drug-likeness (QED) is 0.515. The van der Waals surface area contributed by atoms with Crippen molar-refractivity contribution in [2.24, 2.45) is 0 Å². The second kappa shape index (κ2) is 7.33. The van der Waals surface area contributed by atoms with Gasteiger partial charge in [0.2, 0.25) is 0 Å². The highest BCUT2D eigenvalue weighted by Crippen LogP contribution is 2.30. The van der Waals surface area contributed by atoms with Crippen molar-refractivity contribution in [2.75, 3.05) is 11.4 Å². The summed E-state index contributed by atoms with van der Waals surface area (Å²) in [6.45, 7) is 5.45. The smallest absolute Gasteiger partial charge is 0.266 e. The third-order valence-electron chi connectivity index (χ3n) is 5.75. The number of nitrogens with zero attached hydrogens (tertiary/aromatic N) is 8. The lowest BCUT2D eigenvalue weighted by Gasteiger charge is -2.28. The molecular formula is C21H22N8O. The van der Waals surface area contributed by atoms with Crippen LogP contribution in [0.2, 0.25) is 0 Å². The van der Waals surface area contributed by atoms with Crippen LogP contribution in [0.3, 0.4) is 0 Å². The van der Waals surface area contributed by atoms with Crippen molar-refractivity contribution >= 4 is 11.6 Å². The molecule has 9 nitrogen and oxygen atoms in total. The molecule has 1 aliphatic rings. The molecule has 4 aromatic heterocycles. The number of pyridine rings is 1. The first kappa shape index (κ1) is 18.4. The van der Waals surface area contributed by atoms with E-state index in [4.69, 9.17) is 0 Å². The average molecular weight is 402 g/mol. The maximum absolute atomic E-state index is 12.6. The molecular weight excluding hydrogens is 380 g/mol. The van der Waals surface area contributed by atoms with Crippen molar-refractivity contribution in [1.82, 2.24) is 34.3 Å². The van der Waals surface area contributed by atoms with Crippen LogP contribution >= 0.6 is 0 Å². The highest BCUT2D eigenvalue weighted by atomic mass is 16.1. The number of anilines is 1. The molecule has 0 amide bonds. The minimum Gasteiger partial charge on any atom is -0.351 e. The van der Waals surface area contributed by atoms with Gasteiger partial charge < -0.3 is 4.90 Å². The summed E-state index contributed by atoms with van der Waals surface area (Å²) >= 11 is 0. The highest BCUT2D eigenvalue weighted by Gasteiger charge is 2.30. The Morgan fingerprint density at radius 3 is 2.80 bits per heavy atom. The van der Waals surface area contributed by atoms with E-state index in [1.807, 2.05) is 19.1 Å². The molecule has 0 aliphatic carbocycles. The summed E-state index contributed by atoms with van der Waals surface area (Å²) in [5.74, 6) is 1.59. The topological polar surface area (TPSA) is 94.1 Å². The van der Waals surface area contributed by atoms with Gasteiger partial charge in [-0.15, -0.1) is 0 Å². The Morgan fingerprint density at radius 2 is 1.97 bits per heavy atom. The van der Waals surface area contributed by atoms with Crippen molar-refractivity contribution in [2.45, 2.75) is 39.3 Å². The number of hydrogen-bond acceptors (Lipinski definition) is 7. The van der Waals surface area contributed by atoms with Gasteiger partial charge in [-0.3, -0.25) is 9.78 Å². The van der Waals surface area contributed by atoms with Gasteiger partial charge in [-0.2, -0.15) is 19.7 Å². The zero-order valence-corrected chi connectivity index (χ0v) is 16.9. The van der Waals surface area contributed by atoms with E-state index in [-0.39, 0.29) is 11.6 Å². The summed E-state index contributed by atoms with van der Waals surface area (Å²) in [4.78, 5) is 27.7. The van der Waals surface area contributed by atoms with E-state index >= 15 is 0 Å². The minimum absolute atomic E-state index is 0.104. The minimum atomic E-state index is -0.104. The molecule has 1 aliphatic heterocycles. The highest BCUT2D eigenvalue weighted by molar-refractivity contribution is 5.57. The van der Waals surface area contributed by atoms with E-state index in [9.17, 15) is 4.79 Å². The van der Waals surface area contributed by atoms with Gasteiger partial charge in [0, 0.05) is 41.8 Å². The molecule has 30 heavy (non-hydrogen) atoms. The predicted molar refractivity (Wildman–Crippen MR) is 112 cm³/mol. The SMILES string of the molecule is Cc1nc2ncnn2c(N2CCCC2Cn2nc(-c3ccncc3)ccc2=O)c1C. The normalized spacial score (nSPS) is 16.5. The summed E-state index contributed by atoms with van der Waals surface area (Å²) in [5, 5.41) is 9.02. The van der Waals surface area contributed by atoms with E-state index in [2.05, 4.69) is 37.0 Å². The van der Waals surface area contributed by atoms with Crippen LogP contribution in [0, 0.1) is 13.8 Å². The van der Waals surface area contributed by atoms with Crippen LogP contribution in [0.25, 0.3) is 17.0 Å². The van der Waals surface area contributed by atoms with Gasteiger partial charge in [0.15, 0.2) is 0 Å². The average Bonchev–Trinajstić information content (AvgIpc) is 3.41. The molecule has 5 heterocycles. The fourth-order valence-corrected chi connectivity index (χ4v) is 4.11. The van der Waals surface area contributed by atoms with Gasteiger partial charge in [0.05, 0.1) is 18.3 Å². The van der Waals surface area contributed by atoms with Crippen molar-refractivity contribution in [3.63, 3.8) is 0 Å². The molecule has 1 fully saturated rings. The second-order valence-corrected chi connectivity index (χ2v) is 7.58. The first-order chi connectivity index (χ1) is 14.6. The molecule has 0 saturated carbocycles. The van der Waals surface area contributed by atoms with Crippen molar-refractivity contribution in [3.05, 3.63) is 64.6 Å². The maximum atomic E-state index is 12.6. The van der Waals surface area contributed by atoms with Crippen molar-refractivity contribution in [3.8, 4) is 11.3 Å². The Bertz CT molecular complexity index is 1260. The van der Waals surface area contributed by atoms with Crippen molar-refractivity contribution < 1.29 is 0 Å². The Labute approximate surface area is 173 Å². The molecule has 1 unspecified atom stereocenters. The zero-order valence-electron chi connectivity index (χ0n) is 16.9. The van der Waals surface area contributed by atoms with Gasteiger partial charge in [-0.25, -0.2) is 9.67 Å². The van der Waals surface area contributed by atoms with Gasteiger partial charge in [-0.1, -0.05) is 0 Å². The van der Waals surface area contributed by atoms with Crippen LogP contribution in [0.4, 0.5) is 5.82 Å². The lowest BCUT2D eigenvalue weighted by molar-refractivity contribution is 0.486. The molecule has 1 atom stereocenters. The lowest BCUT2D eigenvalue weighted by Crippen LogP contribution is -2.38. The molecule has 0 bridgehead atoms. The molecule has 5 rings (SSSR count). The van der Waals surface area contributed by atoms with Gasteiger partial charge in [0.25, 0.3) is 11.3 Å². The fraction of sp³-hybridized carbons (Fsp3) is 0.333. The van der Waals surface area contributed by atoms with Gasteiger partial charge >= 0.3 is 0 Å². The summed E-state index contributed by atoms with van der Waals surface area (Å²) < 4.78 is 3.37. The Morgan fingerprint density at radius 1 is 1.13 bits per heavy atom. The first-order valence-electron chi connectivity index (χ1n) is 10.0. The predicted octanol–water partition coefficient (Wildman–Crippen LogP) is 2.03. The van der Waals surface area contributed by atoms with Crippen LogP contribution in [-0.2, 0) is 6.54 Å². The first-order valence-corrected chi connectivity index (χ1v) is 10.0. The van der Waals surface area contributed by atoms with E-state index in [1.165, 1.54) is 6.33 Å². The van der Waals surface area contributed by atoms with E-state index in [0.29, 0.717) is 12.3 Å². The molecule has 0 N–H and O–H groups in total. The number of hydrogen-bond donors (Lipinski definition) is 0. The Kier molecular flexibility index (Phi) is 4.50. The second-order valence-electron chi connectivity index (χ2n) is 7.58. The number of fused-ring (bicyclic) bond motifs is 1. The largest absolute Gasteiger partial charge is 0.351 e. The van der Waals surface area contributed by atoms with Crippen molar-refractivity contribution in [1.29, 1.82) is 0 Å². The van der Waals surface area contributed by atoms with E-state index in [1.54, 1.807) is 33.7 Å². The number of rotatable bonds is 4. The Hall–Kier alpha value is -3.62. The fourth-order valence-electron chi connectivity index (χ4n) is 4.11. The standard InChI is InChI=1S/C21H22N8O/c1-14-15(2)25-21-23-13-24-29(21)20(14)27-11-3-4-17(27)12-28-19(30)6-5-18(26-28)16-7-9-22-10-8-16/h5-10,13,17H,3-4,11-12H2,1-2H3. The molecule has 152 valence electrons. The number of aromatic nitrogens is 7. The van der Waals surface area contributed by atoms with E-state index in [0.717, 1.165) is 47.7 Å². The molecule has 0 spiro atoms. The third kappa shape index (κ3) is 3.12. The van der Waals surface area contributed by atoms with Crippen LogP contribution in [0.5, 0.6) is 0 Å². The molecule has 1 saturated heterocycles. The number of aryl methyl sites for hydroxylation is 1. The summed E-state index contributed by atoms with van der Waals surface area (Å²) in [7, 11) is 0. The lowest BCUT2D eigenvalue weighted by atomic mass is 10.2. The van der Waals surface area contributed by atoms with Crippen LogP contribution in [0.15, 0.2) is 47.8 Å². The molecule has 0 radical (unpaired) electrons. The van der Waals surface area contributed by atoms with E-state index < -0.39 is 0 Å². The molecule has 0 aromatic carbocycles. The summed E-state index contributed by atoms with van der Waals surface area (Å²) in [6, 6.07) is 7.26. The third-order valence-corrected chi connectivity index (χ3v) is 5.75. The van der Waals surface area contributed by atoms with Gasteiger partial charge in [0.1, 0.15) is 12.1 Å². The Balaban J connectivity index is 1.51. The van der Waals surface area contributed by atoms with Crippen LogP contribution < -0.4 is 10.5 Å². The van der Waals surface area contributed by atoms with Crippen LogP contribution in [-0.4, -0.2) is 46.9 Å². The van der Waals surface area contributed by atoms with Gasteiger partial charge in [-0.05, 0) is 44.9 Å². The molecule has 9 heteroatoms. The summed E-state index contributed by atoms with van der Waals surface area (Å²) in [5.41, 5.74) is 3.60.